The topological polar surface area (TPSA) is 56.5 Å². The molecule has 0 saturated heterocycles. The zero-order valence-corrected chi connectivity index (χ0v) is 16.4. The summed E-state index contributed by atoms with van der Waals surface area (Å²) in [5, 5.41) is 4.32. The lowest BCUT2D eigenvalue weighted by Crippen LogP contribution is -2.16. The van der Waals surface area contributed by atoms with Gasteiger partial charge >= 0.3 is 5.97 Å². The highest BCUT2D eigenvalue weighted by molar-refractivity contribution is 6.83. The Morgan fingerprint density at radius 3 is 2.58 bits per heavy atom. The van der Waals surface area contributed by atoms with Gasteiger partial charge in [0.1, 0.15) is 8.07 Å². The molecule has 0 radical (unpaired) electrons. The summed E-state index contributed by atoms with van der Waals surface area (Å²) in [6.45, 7) is 8.77. The summed E-state index contributed by atoms with van der Waals surface area (Å²) in [7, 11) is -1.47. The van der Waals surface area contributed by atoms with Gasteiger partial charge in [0.2, 0.25) is 0 Å². The van der Waals surface area contributed by atoms with Crippen molar-refractivity contribution < 1.29 is 9.53 Å². The average molecular weight is 363 g/mol. The number of nitrogens with zero attached hydrogens (tertiary/aromatic N) is 3. The summed E-state index contributed by atoms with van der Waals surface area (Å²) < 4.78 is 6.74. The van der Waals surface area contributed by atoms with E-state index >= 15 is 0 Å². The van der Waals surface area contributed by atoms with Crippen molar-refractivity contribution >= 4 is 19.7 Å². The molecule has 2 heterocycles. The Morgan fingerprint density at radius 1 is 1.19 bits per heavy atom. The number of rotatable bonds is 3. The first-order valence-corrected chi connectivity index (χ1v) is 12.0. The standard InChI is InChI=1S/C20H21N3O2Si/c1-5-25-20(24)16-8-6-15(7-9-16)18-10-12-23-19(22-18)17(14-21-23)11-13-26(2,3)4/h6-10,12,14H,5H2,1-4H3. The molecule has 0 aliphatic rings. The lowest BCUT2D eigenvalue weighted by molar-refractivity contribution is 0.0526. The number of ether oxygens (including phenoxy) is 1. The molecule has 0 bridgehead atoms. The fourth-order valence-electron chi connectivity index (χ4n) is 2.36. The molecule has 1 aromatic carbocycles. The van der Waals surface area contributed by atoms with E-state index in [0.29, 0.717) is 12.2 Å². The van der Waals surface area contributed by atoms with Crippen LogP contribution in [-0.2, 0) is 4.74 Å². The van der Waals surface area contributed by atoms with E-state index in [1.54, 1.807) is 29.8 Å². The molecule has 5 nitrogen and oxygen atoms in total. The van der Waals surface area contributed by atoms with Crippen LogP contribution in [-0.4, -0.2) is 35.2 Å². The SMILES string of the molecule is CCOC(=O)c1ccc(-c2ccn3ncc(C#C[Si](C)(C)C)c3n2)cc1. The van der Waals surface area contributed by atoms with Crippen molar-refractivity contribution in [3.63, 3.8) is 0 Å². The van der Waals surface area contributed by atoms with Crippen LogP contribution in [0.25, 0.3) is 16.9 Å². The summed E-state index contributed by atoms with van der Waals surface area (Å²) in [6, 6.07) is 9.14. The van der Waals surface area contributed by atoms with Gasteiger partial charge in [-0.1, -0.05) is 37.7 Å². The number of hydrogen-bond donors (Lipinski definition) is 0. The predicted molar refractivity (Wildman–Crippen MR) is 105 cm³/mol. The highest BCUT2D eigenvalue weighted by atomic mass is 28.3. The van der Waals surface area contributed by atoms with Crippen molar-refractivity contribution in [2.75, 3.05) is 6.61 Å². The van der Waals surface area contributed by atoms with Gasteiger partial charge in [0.05, 0.1) is 29.6 Å². The first-order chi connectivity index (χ1) is 12.4. The van der Waals surface area contributed by atoms with Gasteiger partial charge in [-0.3, -0.25) is 0 Å². The van der Waals surface area contributed by atoms with Crippen molar-refractivity contribution in [2.24, 2.45) is 0 Å². The van der Waals surface area contributed by atoms with Crippen molar-refractivity contribution in [1.29, 1.82) is 0 Å². The van der Waals surface area contributed by atoms with Gasteiger partial charge in [0, 0.05) is 11.8 Å². The third kappa shape index (κ3) is 4.01. The van der Waals surface area contributed by atoms with E-state index in [0.717, 1.165) is 22.5 Å². The Balaban J connectivity index is 1.95. The molecule has 0 unspecified atom stereocenters. The van der Waals surface area contributed by atoms with E-state index in [2.05, 4.69) is 36.2 Å². The van der Waals surface area contributed by atoms with Crippen LogP contribution in [0.15, 0.2) is 42.7 Å². The molecule has 0 amide bonds. The number of esters is 1. The van der Waals surface area contributed by atoms with Crippen molar-refractivity contribution in [3.05, 3.63) is 53.9 Å². The van der Waals surface area contributed by atoms with Crippen molar-refractivity contribution in [3.8, 4) is 22.7 Å². The van der Waals surface area contributed by atoms with Gasteiger partial charge in [-0.2, -0.15) is 5.10 Å². The lowest BCUT2D eigenvalue weighted by atomic mass is 10.1. The normalized spacial score (nSPS) is 11.1. The molecule has 132 valence electrons. The lowest BCUT2D eigenvalue weighted by Gasteiger charge is -2.05. The first kappa shape index (κ1) is 17.9. The molecule has 0 N–H and O–H groups in total. The zero-order valence-electron chi connectivity index (χ0n) is 15.4. The third-order valence-electron chi connectivity index (χ3n) is 3.63. The Bertz CT molecular complexity index is 1010. The van der Waals surface area contributed by atoms with Crippen LogP contribution >= 0.6 is 0 Å². The summed E-state index contributed by atoms with van der Waals surface area (Å²) in [5.74, 6) is 2.91. The van der Waals surface area contributed by atoms with E-state index in [1.807, 2.05) is 24.4 Å². The van der Waals surface area contributed by atoms with Crippen LogP contribution in [0.5, 0.6) is 0 Å². The predicted octanol–water partition coefficient (Wildman–Crippen LogP) is 3.80. The Hall–Kier alpha value is -2.91. The molecule has 0 spiro atoms. The van der Waals surface area contributed by atoms with Gasteiger partial charge in [-0.05, 0) is 25.1 Å². The molecule has 3 rings (SSSR count). The minimum atomic E-state index is -1.47. The first-order valence-electron chi connectivity index (χ1n) is 8.52. The minimum Gasteiger partial charge on any atom is -0.462 e. The second-order valence-electron chi connectivity index (χ2n) is 6.94. The van der Waals surface area contributed by atoms with Crippen LogP contribution in [0, 0.1) is 11.5 Å². The molecule has 0 atom stereocenters. The zero-order chi connectivity index (χ0) is 18.7. The molecule has 0 aliphatic heterocycles. The number of aromatic nitrogens is 3. The minimum absolute atomic E-state index is 0.317. The third-order valence-corrected chi connectivity index (χ3v) is 4.51. The van der Waals surface area contributed by atoms with Crippen LogP contribution in [0.1, 0.15) is 22.8 Å². The fraction of sp³-hybridized carbons (Fsp3) is 0.250. The second-order valence-corrected chi connectivity index (χ2v) is 11.7. The number of fused-ring (bicyclic) bond motifs is 1. The maximum atomic E-state index is 11.8. The largest absolute Gasteiger partial charge is 0.462 e. The van der Waals surface area contributed by atoms with Gasteiger partial charge in [0.15, 0.2) is 5.65 Å². The summed E-state index contributed by atoms with van der Waals surface area (Å²) >= 11 is 0. The Labute approximate surface area is 154 Å². The maximum Gasteiger partial charge on any atom is 0.338 e. The van der Waals surface area contributed by atoms with E-state index in [1.165, 1.54) is 0 Å². The Kier molecular flexibility index (Phi) is 4.91. The van der Waals surface area contributed by atoms with Gasteiger partial charge in [-0.15, -0.1) is 5.54 Å². The van der Waals surface area contributed by atoms with Gasteiger partial charge in [0.25, 0.3) is 0 Å². The van der Waals surface area contributed by atoms with E-state index in [4.69, 9.17) is 9.72 Å². The fourth-order valence-corrected chi connectivity index (χ4v) is 2.87. The highest BCUT2D eigenvalue weighted by Crippen LogP contribution is 2.20. The van der Waals surface area contributed by atoms with Gasteiger partial charge in [-0.25, -0.2) is 14.3 Å². The maximum absolute atomic E-state index is 11.8. The number of carbonyl (C=O) groups excluding carboxylic acids is 1. The second kappa shape index (κ2) is 7.14. The van der Waals surface area contributed by atoms with Gasteiger partial charge < -0.3 is 4.74 Å². The Morgan fingerprint density at radius 2 is 1.92 bits per heavy atom. The highest BCUT2D eigenvalue weighted by Gasteiger charge is 2.11. The van der Waals surface area contributed by atoms with Crippen LogP contribution in [0.4, 0.5) is 0 Å². The van der Waals surface area contributed by atoms with E-state index in [-0.39, 0.29) is 5.97 Å². The summed E-state index contributed by atoms with van der Waals surface area (Å²) in [4.78, 5) is 16.5. The number of carbonyl (C=O) groups is 1. The van der Waals surface area contributed by atoms with E-state index in [9.17, 15) is 4.79 Å². The van der Waals surface area contributed by atoms with Crippen LogP contribution in [0.3, 0.4) is 0 Å². The van der Waals surface area contributed by atoms with Crippen molar-refractivity contribution in [2.45, 2.75) is 26.6 Å². The van der Waals surface area contributed by atoms with Crippen molar-refractivity contribution in [1.82, 2.24) is 14.6 Å². The van der Waals surface area contributed by atoms with Crippen LogP contribution < -0.4 is 0 Å². The number of hydrogen-bond acceptors (Lipinski definition) is 4. The summed E-state index contributed by atoms with van der Waals surface area (Å²) in [6.07, 6.45) is 3.62. The molecule has 3 aromatic rings. The smallest absolute Gasteiger partial charge is 0.338 e. The molecular formula is C20H21N3O2Si. The molecular weight excluding hydrogens is 342 g/mol. The quantitative estimate of drug-likeness (QED) is 0.403. The molecule has 2 aromatic heterocycles. The molecule has 0 saturated carbocycles. The molecule has 0 fully saturated rings. The molecule has 0 aliphatic carbocycles. The summed E-state index contributed by atoms with van der Waals surface area (Å²) in [5.41, 5.74) is 7.18. The number of benzene rings is 1. The monoisotopic (exact) mass is 363 g/mol. The average Bonchev–Trinajstić information content (AvgIpc) is 3.02. The molecule has 6 heteroatoms. The van der Waals surface area contributed by atoms with E-state index < -0.39 is 8.07 Å². The molecule has 26 heavy (non-hydrogen) atoms. The van der Waals surface area contributed by atoms with Crippen LogP contribution in [0.2, 0.25) is 19.6 Å².